The second-order valence-corrected chi connectivity index (χ2v) is 20.6. The van der Waals surface area contributed by atoms with Crippen LogP contribution in [-0.4, -0.2) is 102 Å². The monoisotopic (exact) mass is 868 g/mol. The van der Waals surface area contributed by atoms with Gasteiger partial charge in [0.25, 0.3) is 11.1 Å². The summed E-state index contributed by atoms with van der Waals surface area (Å²) >= 11 is 0. The van der Waals surface area contributed by atoms with Crippen molar-refractivity contribution in [1.29, 1.82) is 0 Å². The molecule has 16 nitrogen and oxygen atoms in total. The molecule has 3 aliphatic carbocycles. The van der Waals surface area contributed by atoms with E-state index in [1.54, 1.807) is 11.7 Å². The number of aryl methyl sites for hydroxylation is 1. The summed E-state index contributed by atoms with van der Waals surface area (Å²) in [5.41, 5.74) is 4.98. The predicted molar refractivity (Wildman–Crippen MR) is 242 cm³/mol. The first-order valence-electron chi connectivity index (χ1n) is 23.0. The zero-order chi connectivity index (χ0) is 43.9. The molecular formula is C48H56N10O6. The van der Waals surface area contributed by atoms with Crippen LogP contribution in [0, 0.1) is 11.3 Å². The molecule has 6 fully saturated rings. The zero-order valence-corrected chi connectivity index (χ0v) is 37.5. The van der Waals surface area contributed by atoms with Crippen molar-refractivity contribution in [1.82, 2.24) is 39.5 Å². The summed E-state index contributed by atoms with van der Waals surface area (Å²) in [7, 11) is 1.68. The summed E-state index contributed by atoms with van der Waals surface area (Å²) in [6, 6.07) is 16.1. The molecule has 3 saturated heterocycles. The Hall–Kier alpha value is -5.74. The van der Waals surface area contributed by atoms with Crippen LogP contribution in [0.15, 0.2) is 58.1 Å². The number of aromatic amines is 1. The van der Waals surface area contributed by atoms with Crippen LogP contribution in [0.4, 0.5) is 11.4 Å². The van der Waals surface area contributed by atoms with Gasteiger partial charge in [-0.05, 0) is 113 Å². The van der Waals surface area contributed by atoms with Crippen molar-refractivity contribution in [3.63, 3.8) is 0 Å². The van der Waals surface area contributed by atoms with Gasteiger partial charge in [-0.15, -0.1) is 0 Å². The van der Waals surface area contributed by atoms with Crippen LogP contribution in [0.5, 0.6) is 11.5 Å². The molecule has 3 saturated carbocycles. The second kappa shape index (κ2) is 14.1. The van der Waals surface area contributed by atoms with Crippen molar-refractivity contribution in [2.45, 2.75) is 115 Å². The molecule has 4 aromatic heterocycles. The summed E-state index contributed by atoms with van der Waals surface area (Å²) in [5.74, 6) is 1.90. The second-order valence-electron chi connectivity index (χ2n) is 20.6. The van der Waals surface area contributed by atoms with E-state index in [0.29, 0.717) is 72.9 Å². The van der Waals surface area contributed by atoms with Crippen LogP contribution >= 0.6 is 0 Å². The highest BCUT2D eigenvalue weighted by Crippen LogP contribution is 2.46. The van der Waals surface area contributed by atoms with Crippen LogP contribution in [0.1, 0.15) is 79.2 Å². The molecule has 6 aliphatic rings. The largest absolute Gasteiger partial charge is 0.488 e. The Labute approximate surface area is 370 Å². The summed E-state index contributed by atoms with van der Waals surface area (Å²) in [6.45, 7) is 14.3. The van der Waals surface area contributed by atoms with Crippen molar-refractivity contribution in [3.05, 3.63) is 69.2 Å². The molecule has 64 heavy (non-hydrogen) atoms. The van der Waals surface area contributed by atoms with Gasteiger partial charge in [0.1, 0.15) is 56.9 Å². The van der Waals surface area contributed by atoms with Gasteiger partial charge < -0.3 is 28.7 Å². The number of morpholine rings is 1. The van der Waals surface area contributed by atoms with Gasteiger partial charge in [0.15, 0.2) is 0 Å². The molecule has 6 aromatic rings. The van der Waals surface area contributed by atoms with E-state index in [1.165, 1.54) is 4.68 Å². The standard InChI is InChI=1S/C48H56N10O6/c1-27-21-55(39-19-36(51-54(6)44(39)59)42-32-17-29(63-47(4)13-14-47)9-11-35(32)49-50-42)22-31(62-27)23-57-38-12-10-30(64-48(5)15-16-48)18-33(38)43(53-57)37-20-40(45(60)58(52-37)28-7-8-28)56-26-46(2,3)34-24-61-25-41(34)56/h9-12,17-20,27-28,31,34,41H,7-8,13-16,21-26H2,1-6H3,(H,49,50)/t27-,31-,34?,41?/m1/s1. The van der Waals surface area contributed by atoms with Crippen molar-refractivity contribution >= 4 is 33.2 Å². The van der Waals surface area contributed by atoms with Gasteiger partial charge in [0, 0.05) is 43.4 Å². The number of hydrogen-bond acceptors (Lipinski definition) is 12. The van der Waals surface area contributed by atoms with Crippen molar-refractivity contribution < 1.29 is 18.9 Å². The van der Waals surface area contributed by atoms with Gasteiger partial charge in [-0.3, -0.25) is 19.4 Å². The van der Waals surface area contributed by atoms with Gasteiger partial charge in [-0.1, -0.05) is 13.8 Å². The maximum absolute atomic E-state index is 14.3. The topological polar surface area (TPSA) is 160 Å². The molecular weight excluding hydrogens is 813 g/mol. The summed E-state index contributed by atoms with van der Waals surface area (Å²) < 4.78 is 30.5. The Balaban J connectivity index is 0.898. The van der Waals surface area contributed by atoms with E-state index < -0.39 is 0 Å². The molecule has 7 heterocycles. The zero-order valence-electron chi connectivity index (χ0n) is 37.5. The molecule has 0 bridgehead atoms. The lowest BCUT2D eigenvalue weighted by atomic mass is 9.80. The molecule has 0 amide bonds. The highest BCUT2D eigenvalue weighted by Gasteiger charge is 2.51. The van der Waals surface area contributed by atoms with Crippen LogP contribution in [0.2, 0.25) is 0 Å². The number of hydrogen-bond donors (Lipinski definition) is 1. The summed E-state index contributed by atoms with van der Waals surface area (Å²) in [6.07, 6.45) is 5.42. The number of nitrogens with zero attached hydrogens (tertiary/aromatic N) is 9. The minimum atomic E-state index is -0.327. The number of ether oxygens (including phenoxy) is 4. The molecule has 0 radical (unpaired) electrons. The third-order valence-corrected chi connectivity index (χ3v) is 14.6. The summed E-state index contributed by atoms with van der Waals surface area (Å²) in [5, 5.41) is 24.7. The van der Waals surface area contributed by atoms with E-state index in [9.17, 15) is 9.59 Å². The number of rotatable bonds is 11. The van der Waals surface area contributed by atoms with Crippen LogP contribution in [0.3, 0.4) is 0 Å². The first-order chi connectivity index (χ1) is 30.7. The number of H-pyrrole nitrogens is 1. The molecule has 0 spiro atoms. The van der Waals surface area contributed by atoms with Crippen molar-refractivity contribution in [2.75, 3.05) is 42.6 Å². The maximum Gasteiger partial charge on any atom is 0.290 e. The van der Waals surface area contributed by atoms with Crippen molar-refractivity contribution in [3.8, 4) is 34.3 Å². The Morgan fingerprint density at radius 1 is 0.797 bits per heavy atom. The van der Waals surface area contributed by atoms with Gasteiger partial charge in [-0.2, -0.15) is 20.4 Å². The van der Waals surface area contributed by atoms with Gasteiger partial charge in [-0.25, -0.2) is 9.36 Å². The maximum atomic E-state index is 14.3. The Morgan fingerprint density at radius 3 is 2.23 bits per heavy atom. The highest BCUT2D eigenvalue weighted by molar-refractivity contribution is 5.94. The Bertz CT molecular complexity index is 2970. The first-order valence-corrected chi connectivity index (χ1v) is 23.0. The van der Waals surface area contributed by atoms with E-state index in [0.717, 1.165) is 78.4 Å². The molecule has 1 N–H and O–H groups in total. The normalized spacial score (nSPS) is 25.3. The number of fused-ring (bicyclic) bond motifs is 3. The molecule has 3 aliphatic heterocycles. The lowest BCUT2D eigenvalue weighted by Crippen LogP contribution is -2.50. The lowest BCUT2D eigenvalue weighted by molar-refractivity contribution is -0.0250. The highest BCUT2D eigenvalue weighted by atomic mass is 16.5. The minimum Gasteiger partial charge on any atom is -0.488 e. The number of benzene rings is 2. The van der Waals surface area contributed by atoms with E-state index in [1.807, 2.05) is 48.0 Å². The number of aromatic nitrogens is 8. The quantitative estimate of drug-likeness (QED) is 0.156. The molecule has 16 heteroatoms. The molecule has 12 rings (SSSR count). The summed E-state index contributed by atoms with van der Waals surface area (Å²) in [4.78, 5) is 32.6. The smallest absolute Gasteiger partial charge is 0.290 e. The van der Waals surface area contributed by atoms with Crippen LogP contribution < -0.4 is 30.4 Å². The SMILES string of the molecule is C[C@@H]1CN(c2cc(-c3n[nH]c4ccc(OC5(C)CC5)cc34)nn(C)c2=O)C[C@H](Cn2nc(-c3cc(N4CC(C)(C)C5COCC54)c(=O)n(C4CC4)n3)c3cc(OC4(C)CC4)ccc32)O1. The van der Waals surface area contributed by atoms with E-state index >= 15 is 0 Å². The van der Waals surface area contributed by atoms with E-state index in [2.05, 4.69) is 64.9 Å². The fourth-order valence-electron chi connectivity index (χ4n) is 10.3. The Morgan fingerprint density at radius 2 is 1.50 bits per heavy atom. The Kier molecular flexibility index (Phi) is 8.79. The van der Waals surface area contributed by atoms with Gasteiger partial charge in [0.05, 0.1) is 55.1 Å². The predicted octanol–water partition coefficient (Wildman–Crippen LogP) is 6.25. The molecule has 2 unspecified atom stereocenters. The minimum absolute atomic E-state index is 0.00536. The number of anilines is 2. The van der Waals surface area contributed by atoms with Gasteiger partial charge >= 0.3 is 0 Å². The molecule has 334 valence electrons. The molecule has 4 atom stereocenters. The average Bonchev–Trinajstić information content (AvgIpc) is 4.20. The fraction of sp³-hybridized carbons (Fsp3) is 0.542. The van der Waals surface area contributed by atoms with E-state index in [4.69, 9.17) is 29.1 Å². The van der Waals surface area contributed by atoms with Crippen LogP contribution in [0.25, 0.3) is 44.6 Å². The molecule has 2 aromatic carbocycles. The number of nitrogens with one attached hydrogen (secondary N) is 1. The van der Waals surface area contributed by atoms with Crippen molar-refractivity contribution in [2.24, 2.45) is 18.4 Å². The third kappa shape index (κ3) is 6.95. The lowest BCUT2D eigenvalue weighted by Gasteiger charge is -2.38. The average molecular weight is 869 g/mol. The fourth-order valence-corrected chi connectivity index (χ4v) is 10.3. The van der Waals surface area contributed by atoms with E-state index in [-0.39, 0.29) is 52.0 Å². The third-order valence-electron chi connectivity index (χ3n) is 14.6. The van der Waals surface area contributed by atoms with Crippen LogP contribution in [-0.2, 0) is 23.1 Å². The first kappa shape index (κ1) is 39.8. The van der Waals surface area contributed by atoms with Gasteiger partial charge in [0.2, 0.25) is 0 Å².